The number of benzene rings is 3. The normalized spacial score (nSPS) is 11.6. The van der Waals surface area contributed by atoms with Crippen molar-refractivity contribution in [1.29, 1.82) is 0 Å². The molecule has 2 N–H and O–H groups in total. The molecule has 202 valence electrons. The van der Waals surface area contributed by atoms with Crippen LogP contribution in [-0.2, 0) is 10.2 Å². The molecule has 3 aromatic carbocycles. The van der Waals surface area contributed by atoms with E-state index in [4.69, 9.17) is 4.74 Å². The Hall–Kier alpha value is -2.65. The lowest BCUT2D eigenvalue weighted by atomic mass is 9.87. The van der Waals surface area contributed by atoms with E-state index >= 15 is 0 Å². The fourth-order valence-corrected chi connectivity index (χ4v) is 6.29. The highest BCUT2D eigenvalue weighted by molar-refractivity contribution is 14.1. The Kier molecular flexibility index (Phi) is 9.54. The number of nitrogens with zero attached hydrogens (tertiary/aromatic N) is 4. The zero-order chi connectivity index (χ0) is 28.2. The number of methoxy groups -OCH3 is 1. The minimum Gasteiger partial charge on any atom is -0.506 e. The number of aromatic hydroxyl groups is 1. The molecule has 0 aliphatic rings. The van der Waals surface area contributed by atoms with Crippen molar-refractivity contribution in [1.82, 2.24) is 20.2 Å². The Morgan fingerprint density at radius 3 is 2.44 bits per heavy atom. The van der Waals surface area contributed by atoms with Crippen molar-refractivity contribution in [2.24, 2.45) is 5.10 Å². The molecule has 4 aromatic rings. The molecule has 0 saturated heterocycles. The Labute approximate surface area is 258 Å². The molecule has 8 nitrogen and oxygen atoms in total. The number of phenols is 1. The maximum absolute atomic E-state index is 12.6. The van der Waals surface area contributed by atoms with Crippen molar-refractivity contribution in [2.75, 3.05) is 12.9 Å². The van der Waals surface area contributed by atoms with Crippen molar-refractivity contribution in [3.8, 4) is 28.6 Å². The fraction of sp³-hybridized carbons (Fsp3) is 0.214. The number of hydrazone groups is 1. The number of amides is 1. The van der Waals surface area contributed by atoms with E-state index in [0.717, 1.165) is 20.6 Å². The molecule has 0 fully saturated rings. The molecule has 0 bridgehead atoms. The maximum atomic E-state index is 12.6. The zero-order valence-corrected chi connectivity index (χ0v) is 26.9. The Morgan fingerprint density at radius 1 is 1.10 bits per heavy atom. The first-order valence-electron chi connectivity index (χ1n) is 11.9. The van der Waals surface area contributed by atoms with E-state index < -0.39 is 0 Å². The smallest absolute Gasteiger partial charge is 0.250 e. The molecule has 0 unspecified atom stereocenters. The third-order valence-electron chi connectivity index (χ3n) is 5.76. The third-order valence-corrected chi connectivity index (χ3v) is 8.13. The predicted octanol–water partition coefficient (Wildman–Crippen LogP) is 6.40. The van der Waals surface area contributed by atoms with Crippen molar-refractivity contribution >= 4 is 69.1 Å². The summed E-state index contributed by atoms with van der Waals surface area (Å²) >= 11 is 5.48. The highest BCUT2D eigenvalue weighted by Gasteiger charge is 2.19. The van der Waals surface area contributed by atoms with Crippen LogP contribution in [0.2, 0.25) is 0 Å². The van der Waals surface area contributed by atoms with Gasteiger partial charge in [-0.25, -0.2) is 5.43 Å². The summed E-state index contributed by atoms with van der Waals surface area (Å²) in [6.45, 7) is 6.53. The summed E-state index contributed by atoms with van der Waals surface area (Å²) in [6, 6.07) is 19.5. The van der Waals surface area contributed by atoms with Crippen LogP contribution < -0.4 is 10.2 Å². The molecule has 0 aliphatic heterocycles. The summed E-state index contributed by atoms with van der Waals surface area (Å²) in [5.41, 5.74) is 6.07. The molecule has 0 saturated carbocycles. The maximum Gasteiger partial charge on any atom is 0.250 e. The van der Waals surface area contributed by atoms with Gasteiger partial charge in [0.1, 0.15) is 11.5 Å². The number of aromatic nitrogens is 3. The number of halogens is 2. The van der Waals surface area contributed by atoms with Crippen molar-refractivity contribution in [3.63, 3.8) is 0 Å². The summed E-state index contributed by atoms with van der Waals surface area (Å²) in [4.78, 5) is 12.6. The van der Waals surface area contributed by atoms with Gasteiger partial charge in [0, 0.05) is 20.4 Å². The summed E-state index contributed by atoms with van der Waals surface area (Å²) in [5, 5.41) is 23.7. The van der Waals surface area contributed by atoms with Crippen LogP contribution in [0.15, 0.2) is 70.9 Å². The fourth-order valence-electron chi connectivity index (χ4n) is 3.65. The van der Waals surface area contributed by atoms with E-state index in [1.54, 1.807) is 13.2 Å². The largest absolute Gasteiger partial charge is 0.506 e. The van der Waals surface area contributed by atoms with Crippen molar-refractivity contribution < 1.29 is 14.6 Å². The highest BCUT2D eigenvalue weighted by Crippen LogP contribution is 2.31. The molecule has 1 aromatic heterocycles. The average molecular weight is 767 g/mol. The van der Waals surface area contributed by atoms with Gasteiger partial charge < -0.3 is 9.84 Å². The molecule has 1 amide bonds. The second kappa shape index (κ2) is 12.7. The topological polar surface area (TPSA) is 102 Å². The van der Waals surface area contributed by atoms with Gasteiger partial charge in [-0.2, -0.15) is 5.10 Å². The number of thioether (sulfide) groups is 1. The predicted molar refractivity (Wildman–Crippen MR) is 172 cm³/mol. The first-order chi connectivity index (χ1) is 18.6. The number of hydrogen-bond acceptors (Lipinski definition) is 7. The van der Waals surface area contributed by atoms with Crippen LogP contribution in [0.1, 0.15) is 31.9 Å². The van der Waals surface area contributed by atoms with Crippen LogP contribution in [-0.4, -0.2) is 44.9 Å². The lowest BCUT2D eigenvalue weighted by Gasteiger charge is -2.19. The van der Waals surface area contributed by atoms with E-state index in [2.05, 4.69) is 98.8 Å². The number of ether oxygens (including phenoxy) is 1. The second-order valence-electron chi connectivity index (χ2n) is 9.57. The Balaban J connectivity index is 1.55. The van der Waals surface area contributed by atoms with Crippen LogP contribution in [0.5, 0.6) is 11.5 Å². The van der Waals surface area contributed by atoms with Gasteiger partial charge in [-0.1, -0.05) is 56.8 Å². The van der Waals surface area contributed by atoms with Gasteiger partial charge in [0.25, 0.3) is 5.91 Å². The molecule has 1 heterocycles. The summed E-state index contributed by atoms with van der Waals surface area (Å²) < 4.78 is 8.92. The number of phenolic OH excluding ortho intramolecular Hbond substituents is 1. The summed E-state index contributed by atoms with van der Waals surface area (Å²) in [7, 11) is 1.62. The SMILES string of the molecule is COc1ccc(-n2c(SCC(=O)NN=Cc3cc(I)cc(I)c3O)nnc2-c2ccc(C(C)(C)C)cc2)cc1. The average Bonchev–Trinajstić information content (AvgIpc) is 3.33. The van der Waals surface area contributed by atoms with E-state index in [9.17, 15) is 9.90 Å². The molecule has 0 aliphatic carbocycles. The molecule has 0 radical (unpaired) electrons. The zero-order valence-electron chi connectivity index (χ0n) is 21.8. The number of carbonyl (C=O) groups is 1. The van der Waals surface area contributed by atoms with E-state index in [-0.39, 0.29) is 22.8 Å². The van der Waals surface area contributed by atoms with Crippen LogP contribution in [0.4, 0.5) is 0 Å². The number of carbonyl (C=O) groups excluding carboxylic acids is 1. The van der Waals surface area contributed by atoms with Crippen LogP contribution in [0, 0.1) is 7.14 Å². The third kappa shape index (κ3) is 7.31. The van der Waals surface area contributed by atoms with Gasteiger partial charge >= 0.3 is 0 Å². The van der Waals surface area contributed by atoms with Crippen LogP contribution >= 0.6 is 56.9 Å². The number of nitrogens with one attached hydrogen (secondary N) is 1. The Bertz CT molecular complexity index is 1500. The molecule has 0 atom stereocenters. The van der Waals surface area contributed by atoms with Crippen molar-refractivity contribution in [2.45, 2.75) is 31.3 Å². The lowest BCUT2D eigenvalue weighted by molar-refractivity contribution is -0.118. The molecular weight excluding hydrogens is 740 g/mol. The quantitative estimate of drug-likeness (QED) is 0.0933. The van der Waals surface area contributed by atoms with Gasteiger partial charge in [0.2, 0.25) is 0 Å². The standard InChI is InChI=1S/C28H27I2N5O3S/c1-28(2,3)19-7-5-17(6-8-19)26-33-34-27(35(26)21-9-11-22(38-4)12-10-21)39-16-24(36)32-31-15-18-13-20(29)14-23(30)25(18)37/h5-15,37H,16H2,1-4H3,(H,32,36). The molecule has 39 heavy (non-hydrogen) atoms. The molecule has 4 rings (SSSR count). The van der Waals surface area contributed by atoms with Crippen molar-refractivity contribution in [3.05, 3.63) is 78.9 Å². The van der Waals surface area contributed by atoms with Gasteiger partial charge in [0.15, 0.2) is 11.0 Å². The van der Waals surface area contributed by atoms with E-state index in [0.29, 0.717) is 20.1 Å². The summed E-state index contributed by atoms with van der Waals surface area (Å²) in [5.74, 6) is 1.30. The van der Waals surface area contributed by atoms with E-state index in [1.807, 2.05) is 47.0 Å². The minimum atomic E-state index is -0.309. The first kappa shape index (κ1) is 29.3. The van der Waals surface area contributed by atoms with Gasteiger partial charge in [0.05, 0.1) is 22.6 Å². The Morgan fingerprint density at radius 2 is 1.79 bits per heavy atom. The molecular formula is C28H27I2N5O3S. The van der Waals surface area contributed by atoms with Gasteiger partial charge in [-0.05, 0) is 92.6 Å². The first-order valence-corrected chi connectivity index (χ1v) is 15.0. The lowest BCUT2D eigenvalue weighted by Crippen LogP contribution is -2.20. The monoisotopic (exact) mass is 767 g/mol. The second-order valence-corrected chi connectivity index (χ2v) is 12.9. The molecule has 11 heteroatoms. The van der Waals surface area contributed by atoms with Gasteiger partial charge in [-0.3, -0.25) is 9.36 Å². The molecule has 0 spiro atoms. The van der Waals surface area contributed by atoms with Crippen LogP contribution in [0.3, 0.4) is 0 Å². The number of rotatable bonds is 8. The van der Waals surface area contributed by atoms with Crippen LogP contribution in [0.25, 0.3) is 17.1 Å². The minimum absolute atomic E-state index is 0.0369. The van der Waals surface area contributed by atoms with Gasteiger partial charge in [-0.15, -0.1) is 10.2 Å². The van der Waals surface area contributed by atoms with E-state index in [1.165, 1.54) is 23.5 Å². The number of hydrogen-bond donors (Lipinski definition) is 2. The summed E-state index contributed by atoms with van der Waals surface area (Å²) in [6.07, 6.45) is 1.43. The highest BCUT2D eigenvalue weighted by atomic mass is 127.